The number of amides is 1. The van der Waals surface area contributed by atoms with Crippen LogP contribution in [0.4, 0.5) is 18.9 Å². The average Bonchev–Trinajstić information content (AvgIpc) is 2.50. The number of benzene rings is 2. The summed E-state index contributed by atoms with van der Waals surface area (Å²) in [6.07, 6.45) is -4.58. The summed E-state index contributed by atoms with van der Waals surface area (Å²) in [5.41, 5.74) is 0.848. The van der Waals surface area contributed by atoms with E-state index in [1.165, 1.54) is 23.9 Å². The topological polar surface area (TPSA) is 29.1 Å². The first-order valence-corrected chi connectivity index (χ1v) is 8.60. The van der Waals surface area contributed by atoms with Gasteiger partial charge >= 0.3 is 6.18 Å². The van der Waals surface area contributed by atoms with Crippen LogP contribution in [-0.2, 0) is 16.7 Å². The predicted molar refractivity (Wildman–Crippen MR) is 92.4 cm³/mol. The Labute approximate surface area is 147 Å². The van der Waals surface area contributed by atoms with Crippen LogP contribution in [0.25, 0.3) is 0 Å². The smallest absolute Gasteiger partial charge is 0.324 e. The lowest BCUT2D eigenvalue weighted by Gasteiger charge is -2.15. The molecule has 2 rings (SSSR count). The number of alkyl halides is 3. The van der Waals surface area contributed by atoms with E-state index in [0.29, 0.717) is 5.75 Å². The molecule has 128 valence electrons. The lowest BCUT2D eigenvalue weighted by molar-refractivity contribution is -0.137. The number of hydrogen-bond donors (Lipinski definition) is 1. The van der Waals surface area contributed by atoms with Gasteiger partial charge in [0.2, 0.25) is 5.91 Å². The van der Waals surface area contributed by atoms with Crippen molar-refractivity contribution < 1.29 is 18.0 Å². The van der Waals surface area contributed by atoms with E-state index in [9.17, 15) is 18.0 Å². The summed E-state index contributed by atoms with van der Waals surface area (Å²) in [5.74, 6) is 0.123. The molecule has 2 aromatic rings. The van der Waals surface area contributed by atoms with Crippen LogP contribution in [0.5, 0.6) is 0 Å². The first kappa shape index (κ1) is 18.7. The molecule has 0 saturated carbocycles. The number of halogens is 4. The van der Waals surface area contributed by atoms with Gasteiger partial charge < -0.3 is 5.32 Å². The van der Waals surface area contributed by atoms with Crippen LogP contribution in [0, 0.1) is 6.92 Å². The number of carbonyl (C=O) groups excluding carboxylic acids is 1. The SMILES string of the molecule is Cc1ccccc1CSCC(=O)Nc1c(Cl)cccc1C(F)(F)F. The summed E-state index contributed by atoms with van der Waals surface area (Å²) in [4.78, 5) is 12.0. The normalized spacial score (nSPS) is 11.4. The van der Waals surface area contributed by atoms with E-state index in [4.69, 9.17) is 11.6 Å². The van der Waals surface area contributed by atoms with Gasteiger partial charge in [-0.15, -0.1) is 11.8 Å². The van der Waals surface area contributed by atoms with E-state index in [2.05, 4.69) is 5.32 Å². The Kier molecular flexibility index (Phi) is 6.18. The van der Waals surface area contributed by atoms with Crippen LogP contribution in [-0.4, -0.2) is 11.7 Å². The van der Waals surface area contributed by atoms with E-state index < -0.39 is 23.3 Å². The molecule has 0 aromatic heterocycles. The first-order valence-electron chi connectivity index (χ1n) is 7.07. The third-order valence-corrected chi connectivity index (χ3v) is 4.63. The summed E-state index contributed by atoms with van der Waals surface area (Å²) >= 11 is 7.14. The van der Waals surface area contributed by atoms with Gasteiger partial charge in [0.15, 0.2) is 0 Å². The van der Waals surface area contributed by atoms with Crippen LogP contribution in [0.15, 0.2) is 42.5 Å². The molecule has 24 heavy (non-hydrogen) atoms. The molecule has 0 bridgehead atoms. The molecular formula is C17H15ClF3NOS. The Hall–Kier alpha value is -1.66. The van der Waals surface area contributed by atoms with E-state index >= 15 is 0 Å². The van der Waals surface area contributed by atoms with Gasteiger partial charge in [0, 0.05) is 5.75 Å². The minimum atomic E-state index is -4.58. The molecule has 1 N–H and O–H groups in total. The van der Waals surface area contributed by atoms with Crippen molar-refractivity contribution >= 4 is 35.0 Å². The van der Waals surface area contributed by atoms with E-state index in [-0.39, 0.29) is 10.8 Å². The summed E-state index contributed by atoms with van der Waals surface area (Å²) < 4.78 is 38.9. The van der Waals surface area contributed by atoms with Crippen molar-refractivity contribution in [1.29, 1.82) is 0 Å². The minimum absolute atomic E-state index is 0.0385. The fourth-order valence-corrected chi connectivity index (χ4v) is 3.21. The molecular weight excluding hydrogens is 359 g/mol. The molecule has 0 aliphatic rings. The van der Waals surface area contributed by atoms with Crippen LogP contribution < -0.4 is 5.32 Å². The average molecular weight is 374 g/mol. The van der Waals surface area contributed by atoms with Gasteiger partial charge in [-0.25, -0.2) is 0 Å². The fourth-order valence-electron chi connectivity index (χ4n) is 2.09. The third-order valence-electron chi connectivity index (χ3n) is 3.34. The monoisotopic (exact) mass is 373 g/mol. The lowest BCUT2D eigenvalue weighted by atomic mass is 10.1. The highest BCUT2D eigenvalue weighted by atomic mass is 35.5. The Morgan fingerprint density at radius 2 is 1.88 bits per heavy atom. The first-order chi connectivity index (χ1) is 11.3. The van der Waals surface area contributed by atoms with Gasteiger partial charge in [-0.1, -0.05) is 41.9 Å². The maximum atomic E-state index is 13.0. The van der Waals surface area contributed by atoms with E-state index in [1.54, 1.807) is 0 Å². The van der Waals surface area contributed by atoms with Crippen molar-refractivity contribution in [1.82, 2.24) is 0 Å². The fraction of sp³-hybridized carbons (Fsp3) is 0.235. The van der Waals surface area contributed by atoms with Crippen molar-refractivity contribution in [2.45, 2.75) is 18.9 Å². The van der Waals surface area contributed by atoms with Crippen LogP contribution in [0.1, 0.15) is 16.7 Å². The zero-order valence-corrected chi connectivity index (χ0v) is 14.4. The Morgan fingerprint density at radius 1 is 1.17 bits per heavy atom. The number of rotatable bonds is 5. The van der Waals surface area contributed by atoms with Gasteiger partial charge in [0.25, 0.3) is 0 Å². The molecule has 0 atom stereocenters. The Morgan fingerprint density at radius 3 is 2.54 bits per heavy atom. The molecule has 2 aromatic carbocycles. The van der Waals surface area contributed by atoms with Gasteiger partial charge in [-0.3, -0.25) is 4.79 Å². The molecule has 0 radical (unpaired) electrons. The summed E-state index contributed by atoms with van der Waals surface area (Å²) in [5, 5.41) is 2.14. The molecule has 0 unspecified atom stereocenters. The number of hydrogen-bond acceptors (Lipinski definition) is 2. The minimum Gasteiger partial charge on any atom is -0.324 e. The maximum absolute atomic E-state index is 13.0. The highest BCUT2D eigenvalue weighted by molar-refractivity contribution is 7.99. The molecule has 2 nitrogen and oxygen atoms in total. The van der Waals surface area contributed by atoms with Gasteiger partial charge in [-0.05, 0) is 30.2 Å². The molecule has 0 aliphatic carbocycles. The summed E-state index contributed by atoms with van der Waals surface area (Å²) in [6, 6.07) is 11.2. The zero-order valence-electron chi connectivity index (χ0n) is 12.8. The highest BCUT2D eigenvalue weighted by Crippen LogP contribution is 2.38. The molecule has 0 fully saturated rings. The number of carbonyl (C=O) groups is 1. The second-order valence-electron chi connectivity index (χ2n) is 5.13. The Balaban J connectivity index is 1.99. The van der Waals surface area contributed by atoms with Crippen molar-refractivity contribution in [3.63, 3.8) is 0 Å². The number of anilines is 1. The standard InChI is InChI=1S/C17H15ClF3NOS/c1-11-5-2-3-6-12(11)9-24-10-15(23)22-16-13(17(19,20)21)7-4-8-14(16)18/h2-8H,9-10H2,1H3,(H,22,23). The molecule has 0 saturated heterocycles. The number of nitrogens with one attached hydrogen (secondary N) is 1. The summed E-state index contributed by atoms with van der Waals surface area (Å²) in [7, 11) is 0. The van der Waals surface area contributed by atoms with Crippen molar-refractivity contribution in [2.75, 3.05) is 11.1 Å². The van der Waals surface area contributed by atoms with Gasteiger partial charge in [0.1, 0.15) is 0 Å². The quantitative estimate of drug-likeness (QED) is 0.745. The zero-order chi connectivity index (χ0) is 17.7. The second kappa shape index (κ2) is 7.94. The van der Waals surface area contributed by atoms with E-state index in [1.807, 2.05) is 31.2 Å². The maximum Gasteiger partial charge on any atom is 0.418 e. The molecule has 0 heterocycles. The van der Waals surface area contributed by atoms with Crippen molar-refractivity contribution in [2.24, 2.45) is 0 Å². The number of aryl methyl sites for hydroxylation is 1. The Bertz CT molecular complexity index is 734. The van der Waals surface area contributed by atoms with Crippen LogP contribution in [0.3, 0.4) is 0 Å². The van der Waals surface area contributed by atoms with Crippen molar-refractivity contribution in [3.8, 4) is 0 Å². The van der Waals surface area contributed by atoms with Crippen LogP contribution in [0.2, 0.25) is 5.02 Å². The molecule has 0 spiro atoms. The largest absolute Gasteiger partial charge is 0.418 e. The second-order valence-corrected chi connectivity index (χ2v) is 6.52. The van der Waals surface area contributed by atoms with Gasteiger partial charge in [0.05, 0.1) is 22.0 Å². The highest BCUT2D eigenvalue weighted by Gasteiger charge is 2.34. The summed E-state index contributed by atoms with van der Waals surface area (Å²) in [6.45, 7) is 1.97. The molecule has 1 amide bonds. The molecule has 0 aliphatic heterocycles. The number of para-hydroxylation sites is 1. The lowest BCUT2D eigenvalue weighted by Crippen LogP contribution is -2.18. The predicted octanol–water partition coefficient (Wildman–Crippen LogP) is 5.54. The van der Waals surface area contributed by atoms with Gasteiger partial charge in [-0.2, -0.15) is 13.2 Å². The third kappa shape index (κ3) is 4.92. The van der Waals surface area contributed by atoms with E-state index in [0.717, 1.165) is 17.2 Å². The van der Waals surface area contributed by atoms with Crippen molar-refractivity contribution in [3.05, 3.63) is 64.2 Å². The van der Waals surface area contributed by atoms with Crippen LogP contribution >= 0.6 is 23.4 Å². The number of thioether (sulfide) groups is 1. The molecule has 7 heteroatoms.